The van der Waals surface area contributed by atoms with E-state index in [4.69, 9.17) is 5.11 Å². The molecule has 2 heterocycles. The molecule has 1 aliphatic rings. The summed E-state index contributed by atoms with van der Waals surface area (Å²) in [6.07, 6.45) is 7.96. The summed E-state index contributed by atoms with van der Waals surface area (Å²) in [6, 6.07) is 6.99. The molecule has 1 saturated heterocycles. The number of carbonyl (C=O) groups is 2. The number of hydrogen-bond donors (Lipinski definition) is 1. The molecule has 1 aliphatic heterocycles. The second-order valence-electron chi connectivity index (χ2n) is 6.30. The quantitative estimate of drug-likeness (QED) is 0.905. The lowest BCUT2D eigenvalue weighted by atomic mass is 9.90. The highest BCUT2D eigenvalue weighted by molar-refractivity contribution is 5.87. The van der Waals surface area contributed by atoms with Crippen LogP contribution in [0.1, 0.15) is 46.8 Å². The third-order valence-corrected chi connectivity index (χ3v) is 4.61. The number of aromatic carboxylic acids is 1. The van der Waals surface area contributed by atoms with E-state index >= 15 is 0 Å². The molecule has 0 bridgehead atoms. The van der Waals surface area contributed by atoms with Crippen molar-refractivity contribution in [1.82, 2.24) is 14.9 Å². The van der Waals surface area contributed by atoms with Crippen LogP contribution in [0.15, 0.2) is 42.9 Å². The zero-order chi connectivity index (χ0) is 17.6. The standard InChI is InChI=1S/C19H21N3O3/c23-18(8-7-17-12-20-9-10-21-17)22-11-1-2-16(13-22)14-3-5-15(6-4-14)19(24)25/h3-6,9-10,12,16H,1-2,7-8,11,13H2,(H,24,25)/t16-/m0/s1. The molecule has 0 unspecified atom stereocenters. The lowest BCUT2D eigenvalue weighted by molar-refractivity contribution is -0.132. The molecule has 2 aromatic rings. The zero-order valence-electron chi connectivity index (χ0n) is 14.0. The van der Waals surface area contributed by atoms with Gasteiger partial charge in [0.15, 0.2) is 0 Å². The number of nitrogens with zero attached hydrogens (tertiary/aromatic N) is 3. The first-order chi connectivity index (χ1) is 12.1. The van der Waals surface area contributed by atoms with Crippen molar-refractivity contribution in [2.75, 3.05) is 13.1 Å². The van der Waals surface area contributed by atoms with Crippen molar-refractivity contribution in [3.63, 3.8) is 0 Å². The summed E-state index contributed by atoms with van der Waals surface area (Å²) in [5, 5.41) is 8.99. The van der Waals surface area contributed by atoms with Gasteiger partial charge in [-0.25, -0.2) is 4.79 Å². The summed E-state index contributed by atoms with van der Waals surface area (Å²) in [7, 11) is 0. The molecule has 1 fully saturated rings. The first kappa shape index (κ1) is 17.1. The highest BCUT2D eigenvalue weighted by Crippen LogP contribution is 2.27. The van der Waals surface area contributed by atoms with Crippen molar-refractivity contribution < 1.29 is 14.7 Å². The van der Waals surface area contributed by atoms with Gasteiger partial charge in [-0.2, -0.15) is 0 Å². The van der Waals surface area contributed by atoms with Gasteiger partial charge >= 0.3 is 5.97 Å². The number of piperidine rings is 1. The topological polar surface area (TPSA) is 83.4 Å². The molecule has 0 spiro atoms. The Hall–Kier alpha value is -2.76. The van der Waals surface area contributed by atoms with Crippen molar-refractivity contribution in [2.24, 2.45) is 0 Å². The van der Waals surface area contributed by atoms with Gasteiger partial charge in [0.25, 0.3) is 0 Å². The first-order valence-corrected chi connectivity index (χ1v) is 8.49. The summed E-state index contributed by atoms with van der Waals surface area (Å²) in [4.78, 5) is 33.6. The molecule has 1 atom stereocenters. The molecule has 0 aliphatic carbocycles. The van der Waals surface area contributed by atoms with Crippen molar-refractivity contribution in [1.29, 1.82) is 0 Å². The van der Waals surface area contributed by atoms with Crippen molar-refractivity contribution in [3.05, 3.63) is 59.7 Å². The lowest BCUT2D eigenvalue weighted by Crippen LogP contribution is -2.39. The van der Waals surface area contributed by atoms with Gasteiger partial charge in [0.2, 0.25) is 5.91 Å². The van der Waals surface area contributed by atoms with E-state index in [1.54, 1.807) is 30.7 Å². The van der Waals surface area contributed by atoms with Crippen LogP contribution >= 0.6 is 0 Å². The van der Waals surface area contributed by atoms with E-state index in [1.807, 2.05) is 17.0 Å². The van der Waals surface area contributed by atoms with Gasteiger partial charge in [-0.1, -0.05) is 12.1 Å². The lowest BCUT2D eigenvalue weighted by Gasteiger charge is -2.33. The Balaban J connectivity index is 1.58. The number of amides is 1. The number of carboxylic acids is 1. The molecule has 6 nitrogen and oxygen atoms in total. The summed E-state index contributed by atoms with van der Waals surface area (Å²) in [6.45, 7) is 1.47. The molecule has 1 amide bonds. The number of carbonyl (C=O) groups excluding carboxylic acids is 1. The minimum absolute atomic E-state index is 0.137. The Morgan fingerprint density at radius 2 is 2.00 bits per heavy atom. The van der Waals surface area contributed by atoms with E-state index in [2.05, 4.69) is 9.97 Å². The van der Waals surface area contributed by atoms with E-state index in [9.17, 15) is 9.59 Å². The van der Waals surface area contributed by atoms with Gasteiger partial charge in [-0.3, -0.25) is 14.8 Å². The fourth-order valence-electron chi connectivity index (χ4n) is 3.23. The SMILES string of the molecule is O=C(O)c1ccc([C@H]2CCCN(C(=O)CCc3cnccn3)C2)cc1. The average molecular weight is 339 g/mol. The van der Waals surface area contributed by atoms with Crippen molar-refractivity contribution >= 4 is 11.9 Å². The minimum Gasteiger partial charge on any atom is -0.478 e. The van der Waals surface area contributed by atoms with Crippen molar-refractivity contribution in [3.8, 4) is 0 Å². The molecule has 25 heavy (non-hydrogen) atoms. The molecular formula is C19H21N3O3. The molecule has 1 aromatic carbocycles. The van der Waals surface area contributed by atoms with Crippen LogP contribution in [0.3, 0.4) is 0 Å². The van der Waals surface area contributed by atoms with Crippen molar-refractivity contribution in [2.45, 2.75) is 31.6 Å². The number of aromatic nitrogens is 2. The van der Waals surface area contributed by atoms with Crippen LogP contribution in [-0.2, 0) is 11.2 Å². The van der Waals surface area contributed by atoms with Crippen LogP contribution in [0.2, 0.25) is 0 Å². The van der Waals surface area contributed by atoms with Crippen LogP contribution < -0.4 is 0 Å². The predicted octanol–water partition coefficient (Wildman–Crippen LogP) is 2.51. The Bertz CT molecular complexity index is 731. The molecule has 1 aromatic heterocycles. The summed E-state index contributed by atoms with van der Waals surface area (Å²) in [5.41, 5.74) is 2.21. The molecule has 0 radical (unpaired) electrons. The first-order valence-electron chi connectivity index (χ1n) is 8.49. The number of benzene rings is 1. The Labute approximate surface area is 146 Å². The fraction of sp³-hybridized carbons (Fsp3) is 0.368. The summed E-state index contributed by atoms with van der Waals surface area (Å²) >= 11 is 0. The molecule has 1 N–H and O–H groups in total. The van der Waals surface area contributed by atoms with Crippen LogP contribution in [0, 0.1) is 0 Å². The second kappa shape index (κ2) is 7.88. The van der Waals surface area contributed by atoms with E-state index < -0.39 is 5.97 Å². The Morgan fingerprint density at radius 1 is 1.20 bits per heavy atom. The third-order valence-electron chi connectivity index (χ3n) is 4.61. The van der Waals surface area contributed by atoms with Gasteiger partial charge in [0.05, 0.1) is 11.3 Å². The van der Waals surface area contributed by atoms with Gasteiger partial charge in [0, 0.05) is 44.0 Å². The zero-order valence-corrected chi connectivity index (χ0v) is 14.0. The second-order valence-corrected chi connectivity index (χ2v) is 6.30. The molecule has 3 rings (SSSR count). The maximum atomic E-state index is 12.5. The van der Waals surface area contributed by atoms with E-state index in [1.165, 1.54) is 0 Å². The van der Waals surface area contributed by atoms with Crippen LogP contribution in [-0.4, -0.2) is 44.9 Å². The maximum Gasteiger partial charge on any atom is 0.335 e. The van der Waals surface area contributed by atoms with E-state index in [0.29, 0.717) is 19.4 Å². The average Bonchev–Trinajstić information content (AvgIpc) is 2.67. The molecule has 6 heteroatoms. The number of aryl methyl sites for hydroxylation is 1. The molecule has 130 valence electrons. The number of carboxylic acid groups (broad SMARTS) is 1. The monoisotopic (exact) mass is 339 g/mol. The Morgan fingerprint density at radius 3 is 2.68 bits per heavy atom. The predicted molar refractivity (Wildman–Crippen MR) is 92.3 cm³/mol. The summed E-state index contributed by atoms with van der Waals surface area (Å²) in [5.74, 6) is -0.523. The minimum atomic E-state index is -0.920. The van der Waals surface area contributed by atoms with Crippen LogP contribution in [0.4, 0.5) is 0 Å². The third kappa shape index (κ3) is 4.41. The molecule has 0 saturated carbocycles. The number of likely N-dealkylation sites (tertiary alicyclic amines) is 1. The smallest absolute Gasteiger partial charge is 0.335 e. The van der Waals surface area contributed by atoms with E-state index in [-0.39, 0.29) is 17.4 Å². The normalized spacial score (nSPS) is 17.3. The maximum absolute atomic E-state index is 12.5. The van der Waals surface area contributed by atoms with Crippen LogP contribution in [0.5, 0.6) is 0 Å². The Kier molecular flexibility index (Phi) is 5.38. The molecular weight excluding hydrogens is 318 g/mol. The van der Waals surface area contributed by atoms with Gasteiger partial charge < -0.3 is 10.0 Å². The van der Waals surface area contributed by atoms with Gasteiger partial charge in [-0.15, -0.1) is 0 Å². The highest BCUT2D eigenvalue weighted by Gasteiger charge is 2.24. The number of rotatable bonds is 5. The fourth-order valence-corrected chi connectivity index (χ4v) is 3.23. The highest BCUT2D eigenvalue weighted by atomic mass is 16.4. The van der Waals surface area contributed by atoms with Gasteiger partial charge in [0.1, 0.15) is 0 Å². The number of hydrogen-bond acceptors (Lipinski definition) is 4. The van der Waals surface area contributed by atoms with E-state index in [0.717, 1.165) is 30.6 Å². The summed E-state index contributed by atoms with van der Waals surface area (Å²) < 4.78 is 0. The van der Waals surface area contributed by atoms with Crippen LogP contribution in [0.25, 0.3) is 0 Å². The van der Waals surface area contributed by atoms with Gasteiger partial charge in [-0.05, 0) is 37.0 Å². The largest absolute Gasteiger partial charge is 0.478 e.